The van der Waals surface area contributed by atoms with Crippen LogP contribution < -0.4 is 0 Å². The minimum absolute atomic E-state index is 0.379. The van der Waals surface area contributed by atoms with Crippen molar-refractivity contribution in [2.24, 2.45) is 11.8 Å². The van der Waals surface area contributed by atoms with Crippen LogP contribution in [0.5, 0.6) is 0 Å². The molecule has 2 aliphatic heterocycles. The van der Waals surface area contributed by atoms with Crippen molar-refractivity contribution in [3.05, 3.63) is 0 Å². The first kappa shape index (κ1) is 18.2. The molecule has 138 valence electrons. The maximum atomic E-state index is 12.9. The number of hydrogen-bond donors (Lipinski definition) is 0. The number of piperidine rings is 1. The zero-order valence-corrected chi connectivity index (χ0v) is 15.6. The van der Waals surface area contributed by atoms with Crippen LogP contribution in [-0.4, -0.2) is 86.2 Å². The van der Waals surface area contributed by atoms with Crippen molar-refractivity contribution >= 4 is 5.91 Å². The van der Waals surface area contributed by atoms with Gasteiger partial charge in [-0.2, -0.15) is 0 Å². The van der Waals surface area contributed by atoms with Crippen LogP contribution in [0.2, 0.25) is 0 Å². The molecule has 1 aliphatic carbocycles. The van der Waals surface area contributed by atoms with E-state index in [1.807, 2.05) is 0 Å². The zero-order chi connectivity index (χ0) is 16.9. The number of hydrogen-bond acceptors (Lipinski definition) is 4. The molecular formula is C19H35N3O2. The number of fused-ring (bicyclic) bond motifs is 1. The van der Waals surface area contributed by atoms with Gasteiger partial charge in [0, 0.05) is 52.4 Å². The molecule has 2 saturated heterocycles. The lowest BCUT2D eigenvalue weighted by atomic mass is 9.72. The Morgan fingerprint density at radius 2 is 1.71 bits per heavy atom. The molecule has 0 bridgehead atoms. The van der Waals surface area contributed by atoms with E-state index in [1.54, 1.807) is 7.11 Å². The quantitative estimate of drug-likeness (QED) is 0.765. The summed E-state index contributed by atoms with van der Waals surface area (Å²) in [6.07, 6.45) is 6.41. The van der Waals surface area contributed by atoms with E-state index >= 15 is 0 Å². The molecule has 0 spiro atoms. The van der Waals surface area contributed by atoms with Crippen molar-refractivity contribution in [2.75, 3.05) is 59.5 Å². The Balaban J connectivity index is 1.48. The largest absolute Gasteiger partial charge is 0.383 e. The van der Waals surface area contributed by atoms with E-state index < -0.39 is 0 Å². The summed E-state index contributed by atoms with van der Waals surface area (Å²) in [5, 5.41) is 0. The zero-order valence-electron chi connectivity index (χ0n) is 15.6. The van der Waals surface area contributed by atoms with Crippen LogP contribution >= 0.6 is 0 Å². The Hall–Kier alpha value is -0.650. The van der Waals surface area contributed by atoms with Gasteiger partial charge in [-0.1, -0.05) is 19.8 Å². The number of ether oxygens (including phenoxy) is 1. The van der Waals surface area contributed by atoms with Gasteiger partial charge in [-0.25, -0.2) is 0 Å². The second kappa shape index (κ2) is 8.63. The Morgan fingerprint density at radius 1 is 1.00 bits per heavy atom. The van der Waals surface area contributed by atoms with Gasteiger partial charge in [0.1, 0.15) is 0 Å². The van der Waals surface area contributed by atoms with Gasteiger partial charge in [-0.3, -0.25) is 14.6 Å². The molecule has 1 amide bonds. The van der Waals surface area contributed by atoms with Crippen molar-refractivity contribution in [1.82, 2.24) is 14.7 Å². The van der Waals surface area contributed by atoms with Crippen LogP contribution in [0.4, 0.5) is 0 Å². The van der Waals surface area contributed by atoms with Gasteiger partial charge in [-0.15, -0.1) is 0 Å². The number of rotatable bonds is 5. The Bertz CT molecular complexity index is 409. The lowest BCUT2D eigenvalue weighted by molar-refractivity contribution is -0.140. The topological polar surface area (TPSA) is 36.0 Å². The molecule has 0 aromatic rings. The number of nitrogens with zero attached hydrogens (tertiary/aromatic N) is 3. The van der Waals surface area contributed by atoms with Crippen molar-refractivity contribution in [3.8, 4) is 0 Å². The Labute approximate surface area is 147 Å². The van der Waals surface area contributed by atoms with E-state index in [0.717, 1.165) is 57.7 Å². The molecule has 1 saturated carbocycles. The SMILES string of the molecule is COCCN1CCN(CC(=O)N2CC[C@H](C)[C@H]3CCCC[C@H]32)CC1. The van der Waals surface area contributed by atoms with Gasteiger partial charge >= 0.3 is 0 Å². The summed E-state index contributed by atoms with van der Waals surface area (Å²) in [4.78, 5) is 20.0. The second-order valence-corrected chi connectivity index (χ2v) is 7.98. The fraction of sp³-hybridized carbons (Fsp3) is 0.947. The van der Waals surface area contributed by atoms with Crippen LogP contribution in [0, 0.1) is 11.8 Å². The first-order valence-corrected chi connectivity index (χ1v) is 9.92. The molecule has 3 fully saturated rings. The average Bonchev–Trinajstić information content (AvgIpc) is 2.61. The molecular weight excluding hydrogens is 302 g/mol. The van der Waals surface area contributed by atoms with Crippen LogP contribution in [0.1, 0.15) is 39.0 Å². The molecule has 0 unspecified atom stereocenters. The normalized spacial score (nSPS) is 32.6. The van der Waals surface area contributed by atoms with Gasteiger partial charge in [0.15, 0.2) is 0 Å². The Kier molecular flexibility index (Phi) is 6.53. The second-order valence-electron chi connectivity index (χ2n) is 7.98. The molecule has 2 heterocycles. The van der Waals surface area contributed by atoms with Gasteiger partial charge < -0.3 is 9.64 Å². The summed E-state index contributed by atoms with van der Waals surface area (Å²) >= 11 is 0. The molecule has 24 heavy (non-hydrogen) atoms. The lowest BCUT2D eigenvalue weighted by Gasteiger charge is -2.48. The molecule has 3 atom stereocenters. The predicted octanol–water partition coefficient (Wildman–Crippen LogP) is 1.68. The minimum Gasteiger partial charge on any atom is -0.383 e. The maximum Gasteiger partial charge on any atom is 0.237 e. The Morgan fingerprint density at radius 3 is 2.46 bits per heavy atom. The van der Waals surface area contributed by atoms with E-state index in [9.17, 15) is 4.79 Å². The summed E-state index contributed by atoms with van der Waals surface area (Å²) in [5.41, 5.74) is 0. The predicted molar refractivity (Wildman–Crippen MR) is 96.0 cm³/mol. The van der Waals surface area contributed by atoms with Gasteiger partial charge in [-0.05, 0) is 31.1 Å². The fourth-order valence-electron chi connectivity index (χ4n) is 4.90. The van der Waals surface area contributed by atoms with Crippen LogP contribution in [0.3, 0.4) is 0 Å². The molecule has 5 heteroatoms. The number of piperazine rings is 1. The molecule has 3 rings (SSSR count). The summed E-state index contributed by atoms with van der Waals surface area (Å²) in [7, 11) is 1.76. The third-order valence-corrected chi connectivity index (χ3v) is 6.49. The summed E-state index contributed by atoms with van der Waals surface area (Å²) in [5.74, 6) is 1.93. The third kappa shape index (κ3) is 4.30. The number of likely N-dealkylation sites (tertiary alicyclic amines) is 1. The number of carbonyl (C=O) groups is 1. The first-order valence-electron chi connectivity index (χ1n) is 9.92. The molecule has 5 nitrogen and oxygen atoms in total. The highest BCUT2D eigenvalue weighted by atomic mass is 16.5. The average molecular weight is 338 g/mol. The van der Waals surface area contributed by atoms with Crippen LogP contribution in [-0.2, 0) is 9.53 Å². The number of methoxy groups -OCH3 is 1. The van der Waals surface area contributed by atoms with E-state index in [0.29, 0.717) is 18.5 Å². The molecule has 0 aromatic heterocycles. The molecule has 3 aliphatic rings. The highest BCUT2D eigenvalue weighted by Crippen LogP contribution is 2.38. The summed E-state index contributed by atoms with van der Waals surface area (Å²) in [6, 6.07) is 0.526. The van der Waals surface area contributed by atoms with Crippen molar-refractivity contribution in [2.45, 2.75) is 45.1 Å². The van der Waals surface area contributed by atoms with Crippen molar-refractivity contribution in [1.29, 1.82) is 0 Å². The van der Waals surface area contributed by atoms with E-state index in [1.165, 1.54) is 32.1 Å². The van der Waals surface area contributed by atoms with Crippen molar-refractivity contribution < 1.29 is 9.53 Å². The van der Waals surface area contributed by atoms with Crippen molar-refractivity contribution in [3.63, 3.8) is 0 Å². The maximum absolute atomic E-state index is 12.9. The standard InChI is InChI=1S/C19H35N3O2/c1-16-7-8-22(18-6-4-3-5-17(16)18)19(23)15-21-11-9-20(10-12-21)13-14-24-2/h16-18H,3-15H2,1-2H3/t16-,17+,18+/m0/s1. The van der Waals surface area contributed by atoms with Gasteiger partial charge in [0.2, 0.25) is 5.91 Å². The van der Waals surface area contributed by atoms with Crippen LogP contribution in [0.25, 0.3) is 0 Å². The number of carbonyl (C=O) groups excluding carboxylic acids is 1. The van der Waals surface area contributed by atoms with Gasteiger partial charge in [0.25, 0.3) is 0 Å². The molecule has 0 aromatic carbocycles. The summed E-state index contributed by atoms with van der Waals surface area (Å²) < 4.78 is 5.16. The third-order valence-electron chi connectivity index (χ3n) is 6.49. The highest BCUT2D eigenvalue weighted by Gasteiger charge is 2.39. The first-order chi connectivity index (χ1) is 11.7. The van der Waals surface area contributed by atoms with Gasteiger partial charge in [0.05, 0.1) is 13.2 Å². The highest BCUT2D eigenvalue weighted by molar-refractivity contribution is 5.78. The monoisotopic (exact) mass is 337 g/mol. The van der Waals surface area contributed by atoms with E-state index in [4.69, 9.17) is 4.74 Å². The van der Waals surface area contributed by atoms with E-state index in [-0.39, 0.29) is 0 Å². The lowest BCUT2D eigenvalue weighted by Crippen LogP contribution is -2.56. The van der Waals surface area contributed by atoms with Crippen LogP contribution in [0.15, 0.2) is 0 Å². The molecule has 0 N–H and O–H groups in total. The number of amides is 1. The fourth-order valence-corrected chi connectivity index (χ4v) is 4.90. The molecule has 0 radical (unpaired) electrons. The van der Waals surface area contributed by atoms with E-state index in [2.05, 4.69) is 21.6 Å². The smallest absolute Gasteiger partial charge is 0.237 e. The minimum atomic E-state index is 0.379. The summed E-state index contributed by atoms with van der Waals surface area (Å²) in [6.45, 7) is 9.93.